The molecule has 1 aromatic heterocycles. The highest BCUT2D eigenvalue weighted by Crippen LogP contribution is 2.20. The molecular formula is C13H15N3OS. The van der Waals surface area contributed by atoms with Gasteiger partial charge in [0.05, 0.1) is 6.42 Å². The average molecular weight is 261 g/mol. The third kappa shape index (κ3) is 3.13. The maximum Gasteiger partial charge on any atom is 0.230 e. The van der Waals surface area contributed by atoms with Crippen LogP contribution in [0.3, 0.4) is 0 Å². The van der Waals surface area contributed by atoms with E-state index in [0.29, 0.717) is 12.2 Å². The van der Waals surface area contributed by atoms with Crippen molar-refractivity contribution >= 4 is 23.5 Å². The first kappa shape index (κ1) is 12.7. The Hall–Kier alpha value is -1.75. The fourth-order valence-corrected chi connectivity index (χ4v) is 2.31. The summed E-state index contributed by atoms with van der Waals surface area (Å²) < 4.78 is 0. The molecule has 0 bridgehead atoms. The molecule has 0 spiro atoms. The summed E-state index contributed by atoms with van der Waals surface area (Å²) in [5, 5.41) is 9.54. The molecule has 1 amide bonds. The van der Waals surface area contributed by atoms with E-state index in [2.05, 4.69) is 15.5 Å². The number of hydrogen-bond acceptors (Lipinski definition) is 3. The first-order chi connectivity index (χ1) is 8.69. The molecule has 0 aliphatic heterocycles. The molecular weight excluding hydrogens is 246 g/mol. The fraction of sp³-hybridized carbons (Fsp3) is 0.231. The van der Waals surface area contributed by atoms with Crippen LogP contribution in [0, 0.1) is 6.92 Å². The van der Waals surface area contributed by atoms with E-state index in [-0.39, 0.29) is 5.91 Å². The quantitative estimate of drug-likeness (QED) is 0.832. The van der Waals surface area contributed by atoms with Crippen molar-refractivity contribution in [2.75, 3.05) is 11.6 Å². The Morgan fingerprint density at radius 1 is 1.44 bits per heavy atom. The maximum absolute atomic E-state index is 11.9. The zero-order chi connectivity index (χ0) is 13.0. The van der Waals surface area contributed by atoms with Gasteiger partial charge in [-0.3, -0.25) is 9.89 Å². The van der Waals surface area contributed by atoms with E-state index < -0.39 is 0 Å². The van der Waals surface area contributed by atoms with E-state index >= 15 is 0 Å². The topological polar surface area (TPSA) is 57.8 Å². The Kier molecular flexibility index (Phi) is 4.04. The Morgan fingerprint density at radius 2 is 2.22 bits per heavy atom. The number of rotatable bonds is 4. The molecule has 94 valence electrons. The van der Waals surface area contributed by atoms with Crippen LogP contribution in [-0.2, 0) is 11.2 Å². The van der Waals surface area contributed by atoms with Gasteiger partial charge in [-0.15, -0.1) is 11.8 Å². The third-order valence-corrected chi connectivity index (χ3v) is 3.36. The van der Waals surface area contributed by atoms with Crippen molar-refractivity contribution in [1.29, 1.82) is 0 Å². The van der Waals surface area contributed by atoms with Crippen LogP contribution in [0.4, 0.5) is 5.82 Å². The summed E-state index contributed by atoms with van der Waals surface area (Å²) in [7, 11) is 0. The second-order valence-electron chi connectivity index (χ2n) is 3.97. The molecule has 2 N–H and O–H groups in total. The highest BCUT2D eigenvalue weighted by Gasteiger charge is 2.08. The molecule has 0 unspecified atom stereocenters. The molecule has 5 heteroatoms. The number of aromatic nitrogens is 2. The predicted octanol–water partition coefficient (Wildman–Crippen LogP) is 2.62. The minimum Gasteiger partial charge on any atom is -0.309 e. The zero-order valence-corrected chi connectivity index (χ0v) is 11.2. The summed E-state index contributed by atoms with van der Waals surface area (Å²) in [5.41, 5.74) is 1.96. The molecule has 4 nitrogen and oxygen atoms in total. The van der Waals surface area contributed by atoms with Gasteiger partial charge in [0.25, 0.3) is 0 Å². The molecule has 0 aliphatic rings. The van der Waals surface area contributed by atoms with Gasteiger partial charge < -0.3 is 5.32 Å². The number of aromatic amines is 1. The summed E-state index contributed by atoms with van der Waals surface area (Å²) in [5.74, 6) is 0.516. The molecule has 0 fully saturated rings. The van der Waals surface area contributed by atoms with Crippen LogP contribution in [0.5, 0.6) is 0 Å². The molecule has 0 aliphatic carbocycles. The van der Waals surface area contributed by atoms with E-state index in [1.807, 2.05) is 37.4 Å². The summed E-state index contributed by atoms with van der Waals surface area (Å²) in [6, 6.07) is 9.72. The van der Waals surface area contributed by atoms with E-state index in [4.69, 9.17) is 0 Å². The van der Waals surface area contributed by atoms with Crippen molar-refractivity contribution in [3.8, 4) is 0 Å². The largest absolute Gasteiger partial charge is 0.309 e. The van der Waals surface area contributed by atoms with Crippen molar-refractivity contribution in [1.82, 2.24) is 10.2 Å². The number of amides is 1. The molecule has 2 rings (SSSR count). The van der Waals surface area contributed by atoms with Crippen molar-refractivity contribution in [3.05, 3.63) is 41.6 Å². The predicted molar refractivity (Wildman–Crippen MR) is 73.9 cm³/mol. The summed E-state index contributed by atoms with van der Waals surface area (Å²) >= 11 is 1.65. The monoisotopic (exact) mass is 261 g/mol. The van der Waals surface area contributed by atoms with Crippen LogP contribution >= 0.6 is 11.8 Å². The van der Waals surface area contributed by atoms with Crippen molar-refractivity contribution in [3.63, 3.8) is 0 Å². The molecule has 1 aromatic carbocycles. The third-order valence-electron chi connectivity index (χ3n) is 2.52. The van der Waals surface area contributed by atoms with Gasteiger partial charge in [-0.25, -0.2) is 0 Å². The molecule has 18 heavy (non-hydrogen) atoms. The average Bonchev–Trinajstić information content (AvgIpc) is 2.75. The Morgan fingerprint density at radius 3 is 2.89 bits per heavy atom. The van der Waals surface area contributed by atoms with Crippen LogP contribution in [0.25, 0.3) is 0 Å². The fourth-order valence-electron chi connectivity index (χ4n) is 1.69. The van der Waals surface area contributed by atoms with Crippen molar-refractivity contribution in [2.24, 2.45) is 0 Å². The number of carbonyl (C=O) groups excluding carboxylic acids is 1. The van der Waals surface area contributed by atoms with E-state index in [1.165, 1.54) is 0 Å². The number of nitrogens with one attached hydrogen (secondary N) is 2. The van der Waals surface area contributed by atoms with E-state index in [1.54, 1.807) is 17.8 Å². The highest BCUT2D eigenvalue weighted by molar-refractivity contribution is 7.98. The number of carbonyl (C=O) groups is 1. The van der Waals surface area contributed by atoms with Crippen LogP contribution < -0.4 is 5.32 Å². The number of nitrogens with zero attached hydrogens (tertiary/aromatic N) is 1. The molecule has 0 radical (unpaired) electrons. The van der Waals surface area contributed by atoms with Crippen LogP contribution in [0.15, 0.2) is 35.2 Å². The first-order valence-corrected chi connectivity index (χ1v) is 6.85. The summed E-state index contributed by atoms with van der Waals surface area (Å²) in [6.45, 7) is 1.89. The first-order valence-electron chi connectivity index (χ1n) is 5.63. The van der Waals surface area contributed by atoms with Gasteiger partial charge in [0.15, 0.2) is 5.82 Å². The van der Waals surface area contributed by atoms with Gasteiger partial charge in [0.1, 0.15) is 0 Å². The van der Waals surface area contributed by atoms with Gasteiger partial charge in [0, 0.05) is 16.7 Å². The van der Waals surface area contributed by atoms with Gasteiger partial charge in [-0.05, 0) is 24.8 Å². The second-order valence-corrected chi connectivity index (χ2v) is 4.82. The molecule has 0 atom stereocenters. The lowest BCUT2D eigenvalue weighted by atomic mass is 10.1. The van der Waals surface area contributed by atoms with E-state index in [9.17, 15) is 4.79 Å². The van der Waals surface area contributed by atoms with Crippen molar-refractivity contribution < 1.29 is 4.79 Å². The highest BCUT2D eigenvalue weighted by atomic mass is 32.2. The lowest BCUT2D eigenvalue weighted by molar-refractivity contribution is -0.115. The minimum absolute atomic E-state index is 0.0528. The SMILES string of the molecule is CSc1ccccc1CC(=O)Nc1cc(C)[nH]n1. The van der Waals surface area contributed by atoms with Gasteiger partial charge in [0.2, 0.25) is 5.91 Å². The summed E-state index contributed by atoms with van der Waals surface area (Å²) in [6.07, 6.45) is 2.37. The number of aryl methyl sites for hydroxylation is 1. The van der Waals surface area contributed by atoms with Crippen LogP contribution in [0.2, 0.25) is 0 Å². The van der Waals surface area contributed by atoms with Crippen LogP contribution in [-0.4, -0.2) is 22.4 Å². The molecule has 0 saturated heterocycles. The lowest BCUT2D eigenvalue weighted by Gasteiger charge is -2.06. The molecule has 0 saturated carbocycles. The second kappa shape index (κ2) is 5.73. The Labute approximate surface area is 110 Å². The maximum atomic E-state index is 11.9. The Bertz CT molecular complexity index is 551. The molecule has 1 heterocycles. The summed E-state index contributed by atoms with van der Waals surface area (Å²) in [4.78, 5) is 13.0. The van der Waals surface area contributed by atoms with Crippen LogP contribution in [0.1, 0.15) is 11.3 Å². The number of thioether (sulfide) groups is 1. The number of hydrogen-bond donors (Lipinski definition) is 2. The van der Waals surface area contributed by atoms with E-state index in [0.717, 1.165) is 16.2 Å². The normalized spacial score (nSPS) is 10.3. The number of H-pyrrole nitrogens is 1. The minimum atomic E-state index is -0.0528. The lowest BCUT2D eigenvalue weighted by Crippen LogP contribution is -2.15. The van der Waals surface area contributed by atoms with Gasteiger partial charge in [-0.2, -0.15) is 5.10 Å². The van der Waals surface area contributed by atoms with Gasteiger partial charge in [-0.1, -0.05) is 18.2 Å². The van der Waals surface area contributed by atoms with Crippen molar-refractivity contribution in [2.45, 2.75) is 18.2 Å². The Balaban J connectivity index is 2.03. The number of benzene rings is 1. The zero-order valence-electron chi connectivity index (χ0n) is 10.4. The van der Waals surface area contributed by atoms with Gasteiger partial charge >= 0.3 is 0 Å². The number of anilines is 1. The standard InChI is InChI=1S/C13H15N3OS/c1-9-7-12(16-15-9)14-13(17)8-10-5-3-4-6-11(10)18-2/h3-7H,8H2,1-2H3,(H2,14,15,16,17). The molecule has 2 aromatic rings. The smallest absolute Gasteiger partial charge is 0.230 e.